The Balaban J connectivity index is 1.86. The molecule has 0 heterocycles. The van der Waals surface area contributed by atoms with Crippen LogP contribution >= 0.6 is 0 Å². The predicted octanol–water partition coefficient (Wildman–Crippen LogP) is 5.57. The van der Waals surface area contributed by atoms with Gasteiger partial charge in [0.15, 0.2) is 0 Å². The zero-order chi connectivity index (χ0) is 16.3. The van der Waals surface area contributed by atoms with Gasteiger partial charge < -0.3 is 9.84 Å². The smallest absolute Gasteiger partial charge is 0.303 e. The van der Waals surface area contributed by atoms with Crippen molar-refractivity contribution in [2.24, 2.45) is 11.8 Å². The fraction of sp³-hybridized carbons (Fsp3) is 0.950. The fourth-order valence-electron chi connectivity index (χ4n) is 4.35. The van der Waals surface area contributed by atoms with Crippen molar-refractivity contribution in [2.45, 2.75) is 102 Å². The first-order chi connectivity index (χ1) is 11.3. The molecule has 2 aliphatic rings. The quantitative estimate of drug-likeness (QED) is 0.719. The monoisotopic (exact) mass is 324 g/mol. The molecule has 2 aliphatic carbocycles. The third kappa shape index (κ3) is 7.69. The topological polar surface area (TPSA) is 46.5 Å². The summed E-state index contributed by atoms with van der Waals surface area (Å²) >= 11 is 0. The van der Waals surface area contributed by atoms with Crippen molar-refractivity contribution in [1.82, 2.24) is 0 Å². The van der Waals surface area contributed by atoms with Crippen molar-refractivity contribution in [3.05, 3.63) is 0 Å². The summed E-state index contributed by atoms with van der Waals surface area (Å²) < 4.78 is 6.36. The van der Waals surface area contributed by atoms with Crippen LogP contribution in [0, 0.1) is 11.8 Å². The maximum absolute atomic E-state index is 11.2. The molecule has 0 amide bonds. The third-order valence-electron chi connectivity index (χ3n) is 5.80. The molecule has 0 aromatic heterocycles. The van der Waals surface area contributed by atoms with E-state index in [2.05, 4.69) is 0 Å². The third-order valence-corrected chi connectivity index (χ3v) is 5.80. The van der Waals surface area contributed by atoms with Crippen molar-refractivity contribution < 1.29 is 14.6 Å². The summed E-state index contributed by atoms with van der Waals surface area (Å²) in [6, 6.07) is 0. The Labute approximate surface area is 142 Å². The average Bonchev–Trinajstić information content (AvgIpc) is 2.58. The molecule has 2 saturated carbocycles. The fourth-order valence-corrected chi connectivity index (χ4v) is 4.35. The molecule has 0 aromatic carbocycles. The summed E-state index contributed by atoms with van der Waals surface area (Å²) in [6.07, 6.45) is 18.2. The Hall–Kier alpha value is -0.570. The molecule has 0 saturated heterocycles. The first-order valence-corrected chi connectivity index (χ1v) is 10.1. The maximum Gasteiger partial charge on any atom is 0.303 e. The standard InChI is InChI=1S/C20H36O3/c21-20(22)15-18-13-9-5-2-6-10-14-19(18)23-16-17-11-7-3-1-4-8-12-17/h17-19H,1-16H2,(H,21,22). The van der Waals surface area contributed by atoms with Crippen molar-refractivity contribution in [3.63, 3.8) is 0 Å². The number of carboxylic acids is 1. The molecule has 3 heteroatoms. The number of aliphatic carboxylic acids is 1. The number of hydrogen-bond donors (Lipinski definition) is 1. The SMILES string of the molecule is O=C(O)CC1CCCCCCCC1OCC1CCCCCCC1. The highest BCUT2D eigenvalue weighted by molar-refractivity contribution is 5.67. The van der Waals surface area contributed by atoms with E-state index >= 15 is 0 Å². The van der Waals surface area contributed by atoms with Gasteiger partial charge in [0.05, 0.1) is 12.5 Å². The molecular weight excluding hydrogens is 288 g/mol. The molecule has 2 unspecified atom stereocenters. The Morgan fingerprint density at radius 3 is 1.91 bits per heavy atom. The van der Waals surface area contributed by atoms with Crippen LogP contribution in [0.5, 0.6) is 0 Å². The Bertz CT molecular complexity index is 321. The van der Waals surface area contributed by atoms with Crippen LogP contribution in [0.15, 0.2) is 0 Å². The van der Waals surface area contributed by atoms with Gasteiger partial charge in [-0.05, 0) is 37.5 Å². The Morgan fingerprint density at radius 1 is 0.783 bits per heavy atom. The van der Waals surface area contributed by atoms with Gasteiger partial charge in [-0.25, -0.2) is 0 Å². The summed E-state index contributed by atoms with van der Waals surface area (Å²) in [7, 11) is 0. The van der Waals surface area contributed by atoms with Gasteiger partial charge in [0.1, 0.15) is 0 Å². The second-order valence-electron chi connectivity index (χ2n) is 7.79. The van der Waals surface area contributed by atoms with E-state index in [0.717, 1.165) is 19.4 Å². The lowest BCUT2D eigenvalue weighted by atomic mass is 9.89. The highest BCUT2D eigenvalue weighted by Gasteiger charge is 2.26. The maximum atomic E-state index is 11.2. The van der Waals surface area contributed by atoms with Crippen LogP contribution in [0.3, 0.4) is 0 Å². The summed E-state index contributed by atoms with van der Waals surface area (Å²) in [5.74, 6) is 0.265. The van der Waals surface area contributed by atoms with Crippen LogP contribution in [-0.2, 0) is 9.53 Å². The zero-order valence-electron chi connectivity index (χ0n) is 14.8. The second-order valence-corrected chi connectivity index (χ2v) is 7.79. The average molecular weight is 325 g/mol. The van der Waals surface area contributed by atoms with Crippen LogP contribution in [0.4, 0.5) is 0 Å². The molecule has 23 heavy (non-hydrogen) atoms. The second kappa shape index (κ2) is 11.1. The normalized spacial score (nSPS) is 28.9. The van der Waals surface area contributed by atoms with E-state index in [1.807, 2.05) is 0 Å². The van der Waals surface area contributed by atoms with Gasteiger partial charge in [0, 0.05) is 6.61 Å². The molecule has 0 aliphatic heterocycles. The minimum Gasteiger partial charge on any atom is -0.481 e. The van der Waals surface area contributed by atoms with Gasteiger partial charge in [-0.15, -0.1) is 0 Å². The van der Waals surface area contributed by atoms with Gasteiger partial charge in [0.2, 0.25) is 0 Å². The first-order valence-electron chi connectivity index (χ1n) is 10.1. The van der Waals surface area contributed by atoms with Crippen LogP contribution in [0.1, 0.15) is 96.3 Å². The lowest BCUT2D eigenvalue weighted by molar-refractivity contribution is -0.140. The minimum absolute atomic E-state index is 0.176. The summed E-state index contributed by atoms with van der Waals surface area (Å²) in [6.45, 7) is 0.862. The molecule has 2 atom stereocenters. The summed E-state index contributed by atoms with van der Waals surface area (Å²) in [5.41, 5.74) is 0. The van der Waals surface area contributed by atoms with E-state index < -0.39 is 5.97 Å². The van der Waals surface area contributed by atoms with Crippen molar-refractivity contribution >= 4 is 5.97 Å². The van der Waals surface area contributed by atoms with Gasteiger partial charge >= 0.3 is 5.97 Å². The van der Waals surface area contributed by atoms with Crippen molar-refractivity contribution in [3.8, 4) is 0 Å². The summed E-state index contributed by atoms with van der Waals surface area (Å²) in [5, 5.41) is 9.25. The Morgan fingerprint density at radius 2 is 1.30 bits per heavy atom. The van der Waals surface area contributed by atoms with Gasteiger partial charge in [-0.3, -0.25) is 4.79 Å². The van der Waals surface area contributed by atoms with Crippen LogP contribution in [0.2, 0.25) is 0 Å². The molecule has 3 nitrogen and oxygen atoms in total. The lowest BCUT2D eigenvalue weighted by Gasteiger charge is -2.28. The number of carbonyl (C=O) groups is 1. The molecule has 0 spiro atoms. The van der Waals surface area contributed by atoms with E-state index in [0.29, 0.717) is 5.92 Å². The van der Waals surface area contributed by atoms with E-state index in [1.54, 1.807) is 0 Å². The molecule has 134 valence electrons. The zero-order valence-corrected chi connectivity index (χ0v) is 14.8. The van der Waals surface area contributed by atoms with E-state index in [9.17, 15) is 9.90 Å². The van der Waals surface area contributed by atoms with E-state index in [1.165, 1.54) is 77.0 Å². The molecular formula is C20H36O3. The highest BCUT2D eigenvalue weighted by Crippen LogP contribution is 2.29. The highest BCUT2D eigenvalue weighted by atomic mass is 16.5. The number of hydrogen-bond acceptors (Lipinski definition) is 2. The Kier molecular flexibility index (Phi) is 9.03. The predicted molar refractivity (Wildman–Crippen MR) is 93.6 cm³/mol. The van der Waals surface area contributed by atoms with Crippen LogP contribution < -0.4 is 0 Å². The number of carboxylic acid groups (broad SMARTS) is 1. The van der Waals surface area contributed by atoms with Crippen molar-refractivity contribution in [2.75, 3.05) is 6.61 Å². The largest absolute Gasteiger partial charge is 0.481 e. The molecule has 2 rings (SSSR count). The van der Waals surface area contributed by atoms with Crippen LogP contribution in [-0.4, -0.2) is 23.8 Å². The lowest BCUT2D eigenvalue weighted by Crippen LogP contribution is -2.28. The van der Waals surface area contributed by atoms with E-state index in [-0.39, 0.29) is 18.4 Å². The molecule has 2 fully saturated rings. The minimum atomic E-state index is -0.659. The number of ether oxygens (including phenoxy) is 1. The van der Waals surface area contributed by atoms with Gasteiger partial charge in [-0.2, -0.15) is 0 Å². The van der Waals surface area contributed by atoms with E-state index in [4.69, 9.17) is 4.74 Å². The van der Waals surface area contributed by atoms with Gasteiger partial charge in [0.25, 0.3) is 0 Å². The molecule has 0 aromatic rings. The number of rotatable bonds is 5. The molecule has 0 radical (unpaired) electrons. The molecule has 0 bridgehead atoms. The van der Waals surface area contributed by atoms with Gasteiger partial charge in [-0.1, -0.05) is 64.2 Å². The summed E-state index contributed by atoms with van der Waals surface area (Å²) in [4.78, 5) is 11.2. The molecule has 1 N–H and O–H groups in total. The van der Waals surface area contributed by atoms with Crippen molar-refractivity contribution in [1.29, 1.82) is 0 Å². The van der Waals surface area contributed by atoms with Crippen LogP contribution in [0.25, 0.3) is 0 Å². The first kappa shape index (κ1) is 18.8.